The second kappa shape index (κ2) is 9.84. The summed E-state index contributed by atoms with van der Waals surface area (Å²) < 4.78 is 11.1. The Morgan fingerprint density at radius 2 is 2.00 bits per heavy atom. The maximum atomic E-state index is 12.5. The van der Waals surface area contributed by atoms with Gasteiger partial charge in [0.15, 0.2) is 0 Å². The summed E-state index contributed by atoms with van der Waals surface area (Å²) >= 11 is 0. The van der Waals surface area contributed by atoms with Gasteiger partial charge < -0.3 is 14.5 Å². The van der Waals surface area contributed by atoms with Crippen LogP contribution in [-0.2, 0) is 11.3 Å². The molecule has 3 rings (SSSR count). The summed E-state index contributed by atoms with van der Waals surface area (Å²) in [6.07, 6.45) is 0.904. The third-order valence-corrected chi connectivity index (χ3v) is 4.38. The second-order valence-electron chi connectivity index (χ2n) is 6.83. The summed E-state index contributed by atoms with van der Waals surface area (Å²) in [7, 11) is 1.58. The van der Waals surface area contributed by atoms with Crippen LogP contribution in [0.15, 0.2) is 52.9 Å². The van der Waals surface area contributed by atoms with Crippen LogP contribution in [0.3, 0.4) is 0 Å². The lowest BCUT2D eigenvalue weighted by molar-refractivity contribution is -0.117. The monoisotopic (exact) mass is 394 g/mol. The fourth-order valence-corrected chi connectivity index (χ4v) is 3.07. The smallest absolute Gasteiger partial charge is 0.247 e. The maximum Gasteiger partial charge on any atom is 0.247 e. The quantitative estimate of drug-likeness (QED) is 0.593. The second-order valence-corrected chi connectivity index (χ2v) is 6.83. The average molecular weight is 394 g/mol. The number of benzene rings is 2. The van der Waals surface area contributed by atoms with Gasteiger partial charge >= 0.3 is 0 Å². The molecule has 0 atom stereocenters. The summed E-state index contributed by atoms with van der Waals surface area (Å²) in [5.74, 6) is 1.47. The molecule has 0 aliphatic rings. The molecular formula is C22H26N4O3. The fraction of sp³-hybridized carbons (Fsp3) is 0.318. The highest BCUT2D eigenvalue weighted by Crippen LogP contribution is 2.23. The van der Waals surface area contributed by atoms with E-state index in [-0.39, 0.29) is 12.5 Å². The first-order valence-corrected chi connectivity index (χ1v) is 9.63. The summed E-state index contributed by atoms with van der Waals surface area (Å²) in [4.78, 5) is 14.5. The maximum absolute atomic E-state index is 12.5. The summed E-state index contributed by atoms with van der Waals surface area (Å²) in [6, 6.07) is 15.3. The number of methoxy groups -OCH3 is 1. The number of aromatic nitrogens is 2. The largest absolute Gasteiger partial charge is 0.495 e. The van der Waals surface area contributed by atoms with E-state index in [0.717, 1.165) is 24.1 Å². The molecule has 29 heavy (non-hydrogen) atoms. The average Bonchev–Trinajstić information content (AvgIpc) is 3.17. The van der Waals surface area contributed by atoms with Crippen molar-refractivity contribution in [3.05, 3.63) is 60.0 Å². The standard InChI is InChI=1S/C22H26N4O3/c1-4-12-26(14-20(27)23-18-10-5-6-11-19(18)28-3)15-21-24-25-22(29-21)17-9-7-8-16(2)13-17/h5-11,13H,4,12,14-15H2,1-3H3,(H,23,27). The molecule has 1 N–H and O–H groups in total. The zero-order valence-corrected chi connectivity index (χ0v) is 17.0. The Balaban J connectivity index is 1.65. The molecule has 152 valence electrons. The van der Waals surface area contributed by atoms with Gasteiger partial charge in [-0.3, -0.25) is 9.69 Å². The van der Waals surface area contributed by atoms with Gasteiger partial charge in [0.1, 0.15) is 5.75 Å². The number of hydrogen-bond donors (Lipinski definition) is 1. The molecule has 0 aliphatic carbocycles. The van der Waals surface area contributed by atoms with Crippen LogP contribution < -0.4 is 10.1 Å². The Morgan fingerprint density at radius 1 is 1.17 bits per heavy atom. The Morgan fingerprint density at radius 3 is 2.76 bits per heavy atom. The van der Waals surface area contributed by atoms with Crippen molar-refractivity contribution in [1.29, 1.82) is 0 Å². The van der Waals surface area contributed by atoms with E-state index in [1.165, 1.54) is 0 Å². The fourth-order valence-electron chi connectivity index (χ4n) is 3.07. The van der Waals surface area contributed by atoms with Crippen molar-refractivity contribution in [2.24, 2.45) is 0 Å². The van der Waals surface area contributed by atoms with Crippen molar-refractivity contribution in [3.8, 4) is 17.2 Å². The number of rotatable bonds is 9. The Bertz CT molecular complexity index is 954. The molecule has 7 nitrogen and oxygen atoms in total. The van der Waals surface area contributed by atoms with Crippen LogP contribution in [0.5, 0.6) is 5.75 Å². The van der Waals surface area contributed by atoms with E-state index in [0.29, 0.717) is 29.8 Å². The number of nitrogens with zero attached hydrogens (tertiary/aromatic N) is 3. The number of hydrogen-bond acceptors (Lipinski definition) is 6. The van der Waals surface area contributed by atoms with Gasteiger partial charge in [-0.1, -0.05) is 36.8 Å². The lowest BCUT2D eigenvalue weighted by Crippen LogP contribution is -2.33. The highest BCUT2D eigenvalue weighted by atomic mass is 16.5. The summed E-state index contributed by atoms with van der Waals surface area (Å²) in [6.45, 7) is 5.45. The zero-order chi connectivity index (χ0) is 20.6. The van der Waals surface area contributed by atoms with Gasteiger partial charge in [0.05, 0.1) is 25.9 Å². The molecule has 3 aromatic rings. The minimum Gasteiger partial charge on any atom is -0.495 e. The van der Waals surface area contributed by atoms with E-state index in [9.17, 15) is 4.79 Å². The number of ether oxygens (including phenoxy) is 1. The normalized spacial score (nSPS) is 10.9. The van der Waals surface area contributed by atoms with Gasteiger partial charge in [0, 0.05) is 5.56 Å². The first-order chi connectivity index (χ1) is 14.1. The van der Waals surface area contributed by atoms with E-state index in [4.69, 9.17) is 9.15 Å². The van der Waals surface area contributed by atoms with Crippen LogP contribution in [0.1, 0.15) is 24.8 Å². The predicted molar refractivity (Wildman–Crippen MR) is 112 cm³/mol. The van der Waals surface area contributed by atoms with Crippen molar-refractivity contribution in [1.82, 2.24) is 15.1 Å². The molecular weight excluding hydrogens is 368 g/mol. The van der Waals surface area contributed by atoms with Crippen LogP contribution in [0.2, 0.25) is 0 Å². The number of carbonyl (C=O) groups excluding carboxylic acids is 1. The van der Waals surface area contributed by atoms with Crippen molar-refractivity contribution >= 4 is 11.6 Å². The van der Waals surface area contributed by atoms with Gasteiger partial charge in [-0.05, 0) is 44.2 Å². The van der Waals surface area contributed by atoms with Crippen molar-refractivity contribution in [3.63, 3.8) is 0 Å². The zero-order valence-electron chi connectivity index (χ0n) is 17.0. The molecule has 1 heterocycles. The molecule has 0 radical (unpaired) electrons. The summed E-state index contributed by atoms with van der Waals surface area (Å²) in [5, 5.41) is 11.2. The van der Waals surface area contributed by atoms with E-state index < -0.39 is 0 Å². The van der Waals surface area contributed by atoms with E-state index in [1.807, 2.05) is 60.4 Å². The molecule has 0 fully saturated rings. The molecule has 7 heteroatoms. The molecule has 2 aromatic carbocycles. The van der Waals surface area contributed by atoms with Gasteiger partial charge in [0.25, 0.3) is 0 Å². The molecule has 0 saturated carbocycles. The van der Waals surface area contributed by atoms with Crippen LogP contribution in [0.4, 0.5) is 5.69 Å². The van der Waals surface area contributed by atoms with Crippen LogP contribution >= 0.6 is 0 Å². The van der Waals surface area contributed by atoms with Crippen LogP contribution in [-0.4, -0.2) is 41.2 Å². The molecule has 0 aliphatic heterocycles. The highest BCUT2D eigenvalue weighted by molar-refractivity contribution is 5.93. The predicted octanol–water partition coefficient (Wildman–Crippen LogP) is 3.90. The SMILES string of the molecule is CCCN(CC(=O)Nc1ccccc1OC)Cc1nnc(-c2cccc(C)c2)o1. The van der Waals surface area contributed by atoms with Gasteiger partial charge in [-0.25, -0.2) is 0 Å². The van der Waals surface area contributed by atoms with E-state index >= 15 is 0 Å². The highest BCUT2D eigenvalue weighted by Gasteiger charge is 2.16. The summed E-state index contributed by atoms with van der Waals surface area (Å²) in [5.41, 5.74) is 2.67. The van der Waals surface area contributed by atoms with Gasteiger partial charge in [-0.15, -0.1) is 10.2 Å². The lowest BCUT2D eigenvalue weighted by atomic mass is 10.1. The van der Waals surface area contributed by atoms with Gasteiger partial charge in [-0.2, -0.15) is 0 Å². The molecule has 0 bridgehead atoms. The van der Waals surface area contributed by atoms with Gasteiger partial charge in [0.2, 0.25) is 17.7 Å². The number of nitrogens with one attached hydrogen (secondary N) is 1. The number of anilines is 1. The van der Waals surface area contributed by atoms with E-state index in [2.05, 4.69) is 22.4 Å². The minimum atomic E-state index is -0.124. The number of para-hydroxylation sites is 2. The Labute approximate surface area is 170 Å². The van der Waals surface area contributed by atoms with Crippen molar-refractivity contribution < 1.29 is 13.9 Å². The lowest BCUT2D eigenvalue weighted by Gasteiger charge is -2.19. The number of carbonyl (C=O) groups is 1. The molecule has 0 saturated heterocycles. The first-order valence-electron chi connectivity index (χ1n) is 9.63. The minimum absolute atomic E-state index is 0.124. The van der Waals surface area contributed by atoms with E-state index in [1.54, 1.807) is 7.11 Å². The van der Waals surface area contributed by atoms with Crippen molar-refractivity contribution in [2.75, 3.05) is 25.5 Å². The number of amides is 1. The van der Waals surface area contributed by atoms with Crippen LogP contribution in [0.25, 0.3) is 11.5 Å². The molecule has 0 unspecified atom stereocenters. The molecule has 1 aromatic heterocycles. The Kier molecular flexibility index (Phi) is 6.97. The Hall–Kier alpha value is -3.19. The first kappa shape index (κ1) is 20.5. The number of aryl methyl sites for hydroxylation is 1. The third-order valence-electron chi connectivity index (χ3n) is 4.38. The van der Waals surface area contributed by atoms with Crippen LogP contribution in [0, 0.1) is 6.92 Å². The molecule has 0 spiro atoms. The van der Waals surface area contributed by atoms with Crippen molar-refractivity contribution in [2.45, 2.75) is 26.8 Å². The third kappa shape index (κ3) is 5.65. The molecule has 1 amide bonds. The topological polar surface area (TPSA) is 80.5 Å².